The van der Waals surface area contributed by atoms with Crippen molar-refractivity contribution in [1.29, 1.82) is 0 Å². The summed E-state index contributed by atoms with van der Waals surface area (Å²) in [4.78, 5) is 66.2. The fourth-order valence-electron chi connectivity index (χ4n) is 8.69. The number of Topliss-reactive ketones (excluding diaryl/α,β-unsaturated/α-hetero) is 2. The molecule has 15 heteroatoms. The minimum absolute atomic E-state index is 0.0256. The molecule has 6 heterocycles. The van der Waals surface area contributed by atoms with Crippen LogP contribution in [-0.2, 0) is 9.47 Å². The summed E-state index contributed by atoms with van der Waals surface area (Å²) in [6.07, 6.45) is 0.428. The van der Waals surface area contributed by atoms with Crippen LogP contribution in [0.15, 0.2) is 101 Å². The van der Waals surface area contributed by atoms with Crippen LogP contribution in [0.5, 0.6) is 11.8 Å². The molecule has 2 fully saturated rings. The van der Waals surface area contributed by atoms with E-state index < -0.39 is 18.2 Å². The van der Waals surface area contributed by atoms with E-state index in [0.29, 0.717) is 90.1 Å². The first-order valence-corrected chi connectivity index (χ1v) is 19.9. The van der Waals surface area contributed by atoms with E-state index in [4.69, 9.17) is 14.5 Å². The Labute approximate surface area is 342 Å². The van der Waals surface area contributed by atoms with Gasteiger partial charge in [-0.2, -0.15) is 0 Å². The molecule has 2 unspecified atom stereocenters. The van der Waals surface area contributed by atoms with Gasteiger partial charge in [0.05, 0.1) is 52.9 Å². The van der Waals surface area contributed by atoms with Crippen LogP contribution in [0, 0.1) is 0 Å². The van der Waals surface area contributed by atoms with E-state index in [2.05, 4.69) is 20.5 Å². The van der Waals surface area contributed by atoms with Crippen molar-refractivity contribution in [2.75, 3.05) is 46.0 Å². The molecule has 60 heavy (non-hydrogen) atoms. The SMILES string of the molecule is O=C1C(c2c(O)n(C(=O)NCCN3CCOCC3)c3ccccc23)=Nc2cc(C3CC(NC(=O)n4c(O)c(C5=Nc6ccccc6C5=O)c5ccccc54)CCO3)ccc21. The van der Waals surface area contributed by atoms with E-state index in [1.54, 1.807) is 91.0 Å². The third-order valence-corrected chi connectivity index (χ3v) is 11.7. The van der Waals surface area contributed by atoms with E-state index in [0.717, 1.165) is 18.7 Å². The maximum atomic E-state index is 14.0. The predicted octanol–water partition coefficient (Wildman–Crippen LogP) is 6.01. The number of amides is 2. The predicted molar refractivity (Wildman–Crippen MR) is 223 cm³/mol. The van der Waals surface area contributed by atoms with Gasteiger partial charge in [0.15, 0.2) is 0 Å². The number of benzene rings is 4. The Morgan fingerprint density at radius 1 is 0.717 bits per heavy atom. The van der Waals surface area contributed by atoms with Gasteiger partial charge in [-0.25, -0.2) is 28.7 Å². The molecule has 0 radical (unpaired) electrons. The minimum atomic E-state index is -0.567. The normalized spacial score (nSPS) is 19.0. The summed E-state index contributed by atoms with van der Waals surface area (Å²) >= 11 is 0. The van der Waals surface area contributed by atoms with Gasteiger partial charge in [0.1, 0.15) is 11.4 Å². The molecule has 4 aliphatic heterocycles. The Hall–Kier alpha value is -6.94. The van der Waals surface area contributed by atoms with Crippen molar-refractivity contribution in [3.05, 3.63) is 119 Å². The lowest BCUT2D eigenvalue weighted by Crippen LogP contribution is -2.42. The molecule has 6 aromatic rings. The van der Waals surface area contributed by atoms with Crippen LogP contribution < -0.4 is 10.6 Å². The first kappa shape index (κ1) is 37.3. The van der Waals surface area contributed by atoms with Crippen LogP contribution in [0.4, 0.5) is 21.0 Å². The molecule has 302 valence electrons. The number of nitrogens with zero attached hydrogens (tertiary/aromatic N) is 5. The summed E-state index contributed by atoms with van der Waals surface area (Å²) in [5, 5.41) is 30.1. The lowest BCUT2D eigenvalue weighted by molar-refractivity contribution is 0.00230. The van der Waals surface area contributed by atoms with Crippen LogP contribution in [0.2, 0.25) is 0 Å². The number of morpholine rings is 1. The van der Waals surface area contributed by atoms with E-state index in [-0.39, 0.29) is 51.9 Å². The van der Waals surface area contributed by atoms with Crippen LogP contribution in [0.25, 0.3) is 21.8 Å². The van der Waals surface area contributed by atoms with Gasteiger partial charge in [-0.05, 0) is 54.8 Å². The van der Waals surface area contributed by atoms with Crippen molar-refractivity contribution >= 4 is 68.2 Å². The molecule has 4 aliphatic rings. The highest BCUT2D eigenvalue weighted by molar-refractivity contribution is 6.57. The molecule has 2 amide bonds. The molecule has 10 rings (SSSR count). The van der Waals surface area contributed by atoms with Crippen molar-refractivity contribution in [2.24, 2.45) is 9.98 Å². The number of hydrogen-bond donors (Lipinski definition) is 4. The number of hydrogen-bond acceptors (Lipinski definition) is 11. The lowest BCUT2D eigenvalue weighted by Gasteiger charge is -2.30. The number of para-hydroxylation sites is 3. The Kier molecular flexibility index (Phi) is 9.35. The van der Waals surface area contributed by atoms with Gasteiger partial charge in [0.25, 0.3) is 0 Å². The highest BCUT2D eigenvalue weighted by Crippen LogP contribution is 2.41. The summed E-state index contributed by atoms with van der Waals surface area (Å²) in [5.74, 6) is -1.47. The monoisotopic (exact) mass is 805 g/mol. The molecule has 0 spiro atoms. The van der Waals surface area contributed by atoms with Crippen LogP contribution in [0.3, 0.4) is 0 Å². The molecule has 15 nitrogen and oxygen atoms in total. The second kappa shape index (κ2) is 15.0. The zero-order valence-corrected chi connectivity index (χ0v) is 32.3. The number of fused-ring (bicyclic) bond motifs is 4. The van der Waals surface area contributed by atoms with Gasteiger partial charge in [-0.1, -0.05) is 54.6 Å². The molecule has 4 N–H and O–H groups in total. The number of aliphatic imine (C=N–C) groups is 2. The smallest absolute Gasteiger partial charge is 0.329 e. The van der Waals surface area contributed by atoms with Gasteiger partial charge in [0, 0.05) is 60.7 Å². The standard InChI is InChI=1S/C45H39N7O8/c53-40-27-7-1-4-10-31(27)48-38(40)36-30-9-3-6-12-34(30)52(43(36)56)45(58)47-26-15-20-60-35(24-26)25-13-14-28-32(23-25)49-39(41(28)54)37-29-8-2-5-11-33(29)51(42(37)55)44(57)46-16-17-50-18-21-59-22-19-50/h1-14,23,26,35,55-56H,15-22,24H2,(H,46,57)(H,47,58). The summed E-state index contributed by atoms with van der Waals surface area (Å²) in [6.45, 7) is 4.17. The number of rotatable bonds is 7. The Morgan fingerprint density at radius 2 is 1.32 bits per heavy atom. The first-order chi connectivity index (χ1) is 29.3. The Bertz CT molecular complexity index is 2850. The maximum Gasteiger partial charge on any atom is 0.329 e. The van der Waals surface area contributed by atoms with Gasteiger partial charge < -0.3 is 30.3 Å². The van der Waals surface area contributed by atoms with Gasteiger partial charge >= 0.3 is 12.1 Å². The van der Waals surface area contributed by atoms with Gasteiger partial charge in [-0.3, -0.25) is 14.5 Å². The highest BCUT2D eigenvalue weighted by Gasteiger charge is 2.36. The third-order valence-electron chi connectivity index (χ3n) is 11.7. The molecule has 2 atom stereocenters. The molecule has 2 aromatic heterocycles. The fourth-order valence-corrected chi connectivity index (χ4v) is 8.69. The van der Waals surface area contributed by atoms with E-state index in [1.807, 2.05) is 0 Å². The topological polar surface area (TPSA) is 189 Å². The summed E-state index contributed by atoms with van der Waals surface area (Å²) in [5.41, 5.74) is 3.75. The second-order valence-corrected chi connectivity index (χ2v) is 15.2. The largest absolute Gasteiger partial charge is 0.494 e. The van der Waals surface area contributed by atoms with Crippen molar-refractivity contribution in [1.82, 2.24) is 24.7 Å². The number of ether oxygens (including phenoxy) is 2. The summed E-state index contributed by atoms with van der Waals surface area (Å²) in [6, 6.07) is 24.7. The maximum absolute atomic E-state index is 14.0. The Morgan fingerprint density at radius 3 is 2.00 bits per heavy atom. The molecular formula is C45H39N7O8. The first-order valence-electron chi connectivity index (χ1n) is 19.9. The fraction of sp³-hybridized carbons (Fsp3) is 0.244. The highest BCUT2D eigenvalue weighted by atomic mass is 16.5. The van der Waals surface area contributed by atoms with Crippen LogP contribution in [0.1, 0.15) is 56.4 Å². The van der Waals surface area contributed by atoms with E-state index >= 15 is 0 Å². The molecule has 0 saturated carbocycles. The number of ketones is 2. The Balaban J connectivity index is 0.881. The average molecular weight is 806 g/mol. The summed E-state index contributed by atoms with van der Waals surface area (Å²) in [7, 11) is 0. The molecule has 4 aromatic carbocycles. The second-order valence-electron chi connectivity index (χ2n) is 15.2. The van der Waals surface area contributed by atoms with Crippen molar-refractivity contribution in [3.8, 4) is 11.8 Å². The molecule has 2 saturated heterocycles. The number of aromatic hydroxyl groups is 2. The number of carbonyl (C=O) groups is 4. The van der Waals surface area contributed by atoms with Crippen molar-refractivity contribution in [2.45, 2.75) is 25.0 Å². The molecular weight excluding hydrogens is 767 g/mol. The van der Waals surface area contributed by atoms with Crippen molar-refractivity contribution in [3.63, 3.8) is 0 Å². The summed E-state index contributed by atoms with van der Waals surface area (Å²) < 4.78 is 13.9. The third kappa shape index (κ3) is 6.25. The zero-order chi connectivity index (χ0) is 41.1. The van der Waals surface area contributed by atoms with Gasteiger partial charge in [0.2, 0.25) is 23.3 Å². The number of carbonyl (C=O) groups excluding carboxylic acids is 4. The quantitative estimate of drug-likeness (QED) is 0.150. The number of aromatic nitrogens is 2. The molecule has 0 aliphatic carbocycles. The van der Waals surface area contributed by atoms with Crippen molar-refractivity contribution < 1.29 is 38.9 Å². The van der Waals surface area contributed by atoms with Crippen LogP contribution >= 0.6 is 0 Å². The van der Waals surface area contributed by atoms with E-state index in [9.17, 15) is 29.4 Å². The van der Waals surface area contributed by atoms with Crippen LogP contribution in [-0.4, -0.2) is 111 Å². The van der Waals surface area contributed by atoms with E-state index in [1.165, 1.54) is 9.13 Å². The number of nitrogens with one attached hydrogen (secondary N) is 2. The molecule has 0 bridgehead atoms. The van der Waals surface area contributed by atoms with Gasteiger partial charge in [-0.15, -0.1) is 0 Å². The minimum Gasteiger partial charge on any atom is -0.494 e. The zero-order valence-electron chi connectivity index (χ0n) is 32.3. The average Bonchev–Trinajstić information content (AvgIpc) is 3.96. The lowest BCUT2D eigenvalue weighted by atomic mass is 9.95.